The highest BCUT2D eigenvalue weighted by atomic mass is 32.1. The van der Waals surface area contributed by atoms with Gasteiger partial charge in [0.2, 0.25) is 0 Å². The summed E-state index contributed by atoms with van der Waals surface area (Å²) < 4.78 is 13.5. The van der Waals surface area contributed by atoms with E-state index in [2.05, 4.69) is 10.1 Å². The first-order valence-electron chi connectivity index (χ1n) is 9.83. The predicted octanol–water partition coefficient (Wildman–Crippen LogP) is 4.08. The first-order valence-corrected chi connectivity index (χ1v) is 10.6. The van der Waals surface area contributed by atoms with Crippen molar-refractivity contribution in [3.63, 3.8) is 0 Å². The molecule has 0 aliphatic carbocycles. The third-order valence-corrected chi connectivity index (χ3v) is 5.93. The van der Waals surface area contributed by atoms with Gasteiger partial charge in [0.25, 0.3) is 5.91 Å². The minimum Gasteiger partial charge on any atom is -0.495 e. The second kappa shape index (κ2) is 8.73. The lowest BCUT2D eigenvalue weighted by Gasteiger charge is -2.19. The molecule has 4 aromatic rings. The number of thiazole rings is 1. The van der Waals surface area contributed by atoms with Crippen LogP contribution < -0.4 is 14.4 Å². The van der Waals surface area contributed by atoms with Crippen LogP contribution in [0, 0.1) is 6.92 Å². The predicted molar refractivity (Wildman–Crippen MR) is 120 cm³/mol. The molecule has 31 heavy (non-hydrogen) atoms. The van der Waals surface area contributed by atoms with Gasteiger partial charge in [0, 0.05) is 12.7 Å². The maximum absolute atomic E-state index is 13.7. The Hall–Kier alpha value is -3.46. The second-order valence-electron chi connectivity index (χ2n) is 6.84. The molecule has 0 unspecified atom stereocenters. The number of amides is 1. The molecule has 0 atom stereocenters. The largest absolute Gasteiger partial charge is 0.495 e. The van der Waals surface area contributed by atoms with Crippen molar-refractivity contribution in [2.75, 3.05) is 19.1 Å². The number of methoxy groups -OCH3 is 2. The Kier molecular flexibility index (Phi) is 5.85. The SMILES string of the molecule is CCn1nc(C)cc1C(=O)N(Cc1ccccn1)c1nc2c(OC)ccc(OC)c2s1. The Morgan fingerprint density at radius 1 is 1.16 bits per heavy atom. The van der Waals surface area contributed by atoms with Gasteiger partial charge in [-0.25, -0.2) is 4.98 Å². The number of aryl methyl sites for hydroxylation is 2. The Labute approximate surface area is 184 Å². The molecule has 3 heterocycles. The van der Waals surface area contributed by atoms with Gasteiger partial charge in [-0.3, -0.25) is 19.4 Å². The molecule has 0 saturated heterocycles. The number of hydrogen-bond acceptors (Lipinski definition) is 7. The molecular weight excluding hydrogens is 414 g/mol. The normalized spacial score (nSPS) is 11.0. The molecule has 0 saturated carbocycles. The molecule has 0 spiro atoms. The van der Waals surface area contributed by atoms with Gasteiger partial charge in [-0.2, -0.15) is 5.10 Å². The summed E-state index contributed by atoms with van der Waals surface area (Å²) in [6, 6.07) is 11.1. The van der Waals surface area contributed by atoms with Crippen LogP contribution in [0.15, 0.2) is 42.6 Å². The minimum atomic E-state index is -0.190. The van der Waals surface area contributed by atoms with Crippen molar-refractivity contribution in [1.29, 1.82) is 0 Å². The molecule has 1 aromatic carbocycles. The van der Waals surface area contributed by atoms with E-state index in [4.69, 9.17) is 14.5 Å². The van der Waals surface area contributed by atoms with Crippen molar-refractivity contribution in [3.8, 4) is 11.5 Å². The van der Waals surface area contributed by atoms with Crippen molar-refractivity contribution in [1.82, 2.24) is 19.7 Å². The molecule has 0 aliphatic heterocycles. The molecule has 1 amide bonds. The number of anilines is 1. The van der Waals surface area contributed by atoms with Crippen LogP contribution in [0.3, 0.4) is 0 Å². The van der Waals surface area contributed by atoms with Crippen LogP contribution in [0.5, 0.6) is 11.5 Å². The fourth-order valence-corrected chi connectivity index (χ4v) is 4.44. The van der Waals surface area contributed by atoms with Gasteiger partial charge in [-0.15, -0.1) is 0 Å². The average Bonchev–Trinajstić information content (AvgIpc) is 3.40. The van der Waals surface area contributed by atoms with Crippen LogP contribution >= 0.6 is 11.3 Å². The molecular formula is C22H23N5O3S. The minimum absolute atomic E-state index is 0.190. The van der Waals surface area contributed by atoms with Gasteiger partial charge in [-0.1, -0.05) is 17.4 Å². The lowest BCUT2D eigenvalue weighted by atomic mass is 10.3. The summed E-state index contributed by atoms with van der Waals surface area (Å²) in [5.41, 5.74) is 2.71. The summed E-state index contributed by atoms with van der Waals surface area (Å²) in [4.78, 5) is 24.5. The van der Waals surface area contributed by atoms with Crippen LogP contribution in [0.2, 0.25) is 0 Å². The third-order valence-electron chi connectivity index (χ3n) is 4.84. The number of benzene rings is 1. The molecule has 0 N–H and O–H groups in total. The topological polar surface area (TPSA) is 82.4 Å². The molecule has 4 rings (SSSR count). The Morgan fingerprint density at radius 2 is 1.94 bits per heavy atom. The summed E-state index contributed by atoms with van der Waals surface area (Å²) in [6.45, 7) is 4.70. The fraction of sp³-hybridized carbons (Fsp3) is 0.273. The fourth-order valence-electron chi connectivity index (χ4n) is 3.37. The Morgan fingerprint density at radius 3 is 2.61 bits per heavy atom. The standard InChI is InChI=1S/C22H23N5O3S/c1-5-27-16(12-14(2)25-27)21(28)26(13-15-8-6-7-11-23-15)22-24-19-17(29-3)9-10-18(30-4)20(19)31-22/h6-12H,5,13H2,1-4H3. The van der Waals surface area contributed by atoms with E-state index in [1.54, 1.807) is 36.1 Å². The highest BCUT2D eigenvalue weighted by molar-refractivity contribution is 7.22. The lowest BCUT2D eigenvalue weighted by molar-refractivity contribution is 0.0974. The van der Waals surface area contributed by atoms with Crippen molar-refractivity contribution in [2.45, 2.75) is 26.9 Å². The van der Waals surface area contributed by atoms with Gasteiger partial charge >= 0.3 is 0 Å². The number of aromatic nitrogens is 4. The van der Waals surface area contributed by atoms with Crippen LogP contribution in [0.4, 0.5) is 5.13 Å². The highest BCUT2D eigenvalue weighted by Crippen LogP contribution is 2.40. The number of nitrogens with zero attached hydrogens (tertiary/aromatic N) is 5. The van der Waals surface area contributed by atoms with Crippen LogP contribution in [0.25, 0.3) is 10.2 Å². The number of fused-ring (bicyclic) bond motifs is 1. The van der Waals surface area contributed by atoms with Crippen molar-refractivity contribution >= 4 is 32.6 Å². The third kappa shape index (κ3) is 3.96. The van der Waals surface area contributed by atoms with E-state index in [-0.39, 0.29) is 12.5 Å². The number of rotatable bonds is 7. The summed E-state index contributed by atoms with van der Waals surface area (Å²) in [7, 11) is 3.21. The molecule has 8 nitrogen and oxygen atoms in total. The van der Waals surface area contributed by atoms with Crippen molar-refractivity contribution in [2.24, 2.45) is 0 Å². The molecule has 0 bridgehead atoms. The number of carbonyl (C=O) groups is 1. The van der Waals surface area contributed by atoms with Gasteiger partial charge in [-0.05, 0) is 44.2 Å². The van der Waals surface area contributed by atoms with E-state index in [0.717, 1.165) is 16.1 Å². The number of carbonyl (C=O) groups excluding carboxylic acids is 1. The van der Waals surface area contributed by atoms with Gasteiger partial charge in [0.15, 0.2) is 5.13 Å². The van der Waals surface area contributed by atoms with Crippen molar-refractivity contribution in [3.05, 3.63) is 59.7 Å². The zero-order valence-electron chi connectivity index (χ0n) is 17.8. The molecule has 0 fully saturated rings. The molecule has 0 aliphatic rings. The summed E-state index contributed by atoms with van der Waals surface area (Å²) in [6.07, 6.45) is 1.71. The monoisotopic (exact) mass is 437 g/mol. The molecule has 0 radical (unpaired) electrons. The Balaban J connectivity index is 1.85. The second-order valence-corrected chi connectivity index (χ2v) is 7.82. The average molecular weight is 438 g/mol. The summed E-state index contributed by atoms with van der Waals surface area (Å²) >= 11 is 1.38. The Bertz CT molecular complexity index is 1180. The molecule has 9 heteroatoms. The lowest BCUT2D eigenvalue weighted by Crippen LogP contribution is -2.32. The highest BCUT2D eigenvalue weighted by Gasteiger charge is 2.26. The summed E-state index contributed by atoms with van der Waals surface area (Å²) in [5.74, 6) is 1.11. The van der Waals surface area contributed by atoms with E-state index >= 15 is 0 Å². The smallest absolute Gasteiger partial charge is 0.278 e. The van der Waals surface area contributed by atoms with Gasteiger partial charge in [0.05, 0.1) is 32.2 Å². The molecule has 160 valence electrons. The van der Waals surface area contributed by atoms with E-state index in [1.165, 1.54) is 11.3 Å². The molecule has 3 aromatic heterocycles. The van der Waals surface area contributed by atoms with Crippen LogP contribution in [-0.2, 0) is 13.1 Å². The first kappa shape index (κ1) is 20.8. The zero-order chi connectivity index (χ0) is 22.0. The van der Waals surface area contributed by atoms with Gasteiger partial charge in [0.1, 0.15) is 27.4 Å². The van der Waals surface area contributed by atoms with E-state index < -0.39 is 0 Å². The maximum atomic E-state index is 13.7. The van der Waals surface area contributed by atoms with Crippen LogP contribution in [-0.4, -0.2) is 39.9 Å². The van der Waals surface area contributed by atoms with Crippen molar-refractivity contribution < 1.29 is 14.3 Å². The maximum Gasteiger partial charge on any atom is 0.278 e. The first-order chi connectivity index (χ1) is 15.0. The van der Waals surface area contributed by atoms with E-state index in [0.29, 0.717) is 34.4 Å². The van der Waals surface area contributed by atoms with Gasteiger partial charge < -0.3 is 9.47 Å². The number of pyridine rings is 1. The zero-order valence-corrected chi connectivity index (χ0v) is 18.6. The number of hydrogen-bond donors (Lipinski definition) is 0. The van der Waals surface area contributed by atoms with E-state index in [9.17, 15) is 4.79 Å². The van der Waals surface area contributed by atoms with Crippen LogP contribution in [0.1, 0.15) is 28.8 Å². The quantitative estimate of drug-likeness (QED) is 0.433. The number of ether oxygens (including phenoxy) is 2. The summed E-state index contributed by atoms with van der Waals surface area (Å²) in [5, 5.41) is 4.96. The van der Waals surface area contributed by atoms with E-state index in [1.807, 2.05) is 44.2 Å².